The maximum atomic E-state index is 11.7. The van der Waals surface area contributed by atoms with E-state index in [-0.39, 0.29) is 0 Å². The van der Waals surface area contributed by atoms with Crippen LogP contribution in [0.1, 0.15) is 19.4 Å². The molecule has 0 bridgehead atoms. The Balaban J connectivity index is 3.10. The molecule has 1 N–H and O–H groups in total. The third-order valence-electron chi connectivity index (χ3n) is 2.86. The molecule has 0 heterocycles. The molecule has 0 aromatic heterocycles. The van der Waals surface area contributed by atoms with E-state index in [1.54, 1.807) is 24.3 Å². The van der Waals surface area contributed by atoms with Crippen LogP contribution in [0.4, 0.5) is 0 Å². The third kappa shape index (κ3) is 5.21. The smallest absolute Gasteiger partial charge is 0.378 e. The fraction of sp³-hybridized carbons (Fsp3) is 0.333. The first-order valence-corrected chi connectivity index (χ1v) is 7.01. The minimum Gasteiger partial charge on any atom is -0.463 e. The van der Waals surface area contributed by atoms with E-state index < -0.39 is 11.8 Å². The molecule has 0 saturated heterocycles. The molecule has 0 atom stereocenters. The molecule has 1 aromatic carbocycles. The van der Waals surface area contributed by atoms with Crippen LogP contribution in [0.2, 0.25) is 5.02 Å². The molecule has 0 radical (unpaired) electrons. The lowest BCUT2D eigenvalue weighted by atomic mass is 10.1. The molecule has 0 saturated carbocycles. The predicted octanol–water partition coefficient (Wildman–Crippen LogP) is 2.27. The fourth-order valence-corrected chi connectivity index (χ4v) is 1.78. The van der Waals surface area contributed by atoms with Gasteiger partial charge in [0.1, 0.15) is 0 Å². The molecule has 1 rings (SSSR count). The Kier molecular flexibility index (Phi) is 6.91. The number of methoxy groups -OCH3 is 1. The first kappa shape index (κ1) is 17.2. The molecule has 0 fully saturated rings. The molecule has 0 spiro atoms. The third-order valence-corrected chi connectivity index (χ3v) is 3.11. The second kappa shape index (κ2) is 8.44. The Hall–Kier alpha value is -1.85. The van der Waals surface area contributed by atoms with Crippen molar-refractivity contribution in [2.45, 2.75) is 13.8 Å². The number of carbonyl (C=O) groups is 2. The van der Waals surface area contributed by atoms with Crippen LogP contribution in [0.5, 0.6) is 0 Å². The van der Waals surface area contributed by atoms with Gasteiger partial charge in [-0.3, -0.25) is 4.79 Å². The van der Waals surface area contributed by atoms with E-state index in [2.05, 4.69) is 10.2 Å². The number of carbonyl (C=O) groups excluding carboxylic acids is 2. The Morgan fingerprint density at radius 3 is 2.29 bits per heavy atom. The molecule has 5 nitrogen and oxygen atoms in total. The molecule has 0 aliphatic rings. The molecule has 114 valence electrons. The normalized spacial score (nSPS) is 11.4. The number of ketones is 1. The largest absolute Gasteiger partial charge is 0.463 e. The Labute approximate surface area is 129 Å². The summed E-state index contributed by atoms with van der Waals surface area (Å²) in [7, 11) is 1.17. The number of ether oxygens (including phenoxy) is 1. The lowest BCUT2D eigenvalue weighted by molar-refractivity contribution is -0.149. The minimum atomic E-state index is -0.900. The van der Waals surface area contributed by atoms with Crippen molar-refractivity contribution >= 4 is 29.1 Å². The van der Waals surface area contributed by atoms with Gasteiger partial charge >= 0.3 is 5.97 Å². The van der Waals surface area contributed by atoms with Gasteiger partial charge in [0.2, 0.25) is 0 Å². The van der Waals surface area contributed by atoms with Gasteiger partial charge in [-0.1, -0.05) is 37.6 Å². The lowest BCUT2D eigenvalue weighted by Crippen LogP contribution is -2.36. The van der Waals surface area contributed by atoms with Gasteiger partial charge in [0.05, 0.1) is 12.8 Å². The fourth-order valence-electron chi connectivity index (χ4n) is 1.65. The Bertz CT molecular complexity index is 522. The number of nitrogens with zero attached hydrogens (tertiary/aromatic N) is 1. The first-order valence-electron chi connectivity index (χ1n) is 6.63. The van der Waals surface area contributed by atoms with Crippen molar-refractivity contribution in [2.75, 3.05) is 20.2 Å². The number of hydrogen-bond acceptors (Lipinski definition) is 5. The Morgan fingerprint density at radius 2 is 1.81 bits per heavy atom. The zero-order chi connectivity index (χ0) is 15.8. The number of nitrogens with one attached hydrogen (secondary N) is 1. The molecule has 0 amide bonds. The summed E-state index contributed by atoms with van der Waals surface area (Å²) >= 11 is 5.86. The highest BCUT2D eigenvalue weighted by Crippen LogP contribution is 2.16. The van der Waals surface area contributed by atoms with Crippen molar-refractivity contribution in [1.82, 2.24) is 10.4 Å². The highest BCUT2D eigenvalue weighted by molar-refractivity contribution is 6.39. The molecule has 0 unspecified atom stereocenters. The summed E-state index contributed by atoms with van der Waals surface area (Å²) in [4.78, 5) is 23.0. The van der Waals surface area contributed by atoms with Gasteiger partial charge in [0, 0.05) is 24.2 Å². The quantitative estimate of drug-likeness (QED) is 0.362. The maximum Gasteiger partial charge on any atom is 0.378 e. The standard InChI is InChI=1S/C15H19ClN2O3/c1-4-18(5-2)17-13(10-14(19)15(20)21-3)11-6-8-12(16)9-7-11/h6-10,17H,4-5H2,1-3H3. The highest BCUT2D eigenvalue weighted by atomic mass is 35.5. The van der Waals surface area contributed by atoms with Gasteiger partial charge < -0.3 is 10.2 Å². The number of esters is 1. The van der Waals surface area contributed by atoms with Crippen LogP contribution in [0.3, 0.4) is 0 Å². The van der Waals surface area contributed by atoms with Gasteiger partial charge in [-0.05, 0) is 17.7 Å². The summed E-state index contributed by atoms with van der Waals surface area (Å²) in [5, 5.41) is 2.51. The summed E-state index contributed by atoms with van der Waals surface area (Å²) < 4.78 is 4.43. The van der Waals surface area contributed by atoms with Crippen LogP contribution < -0.4 is 5.43 Å². The van der Waals surface area contributed by atoms with Crippen LogP contribution in [0.25, 0.3) is 5.70 Å². The summed E-state index contributed by atoms with van der Waals surface area (Å²) in [6.07, 6.45) is 1.23. The number of benzene rings is 1. The van der Waals surface area contributed by atoms with Crippen LogP contribution >= 0.6 is 11.6 Å². The van der Waals surface area contributed by atoms with Crippen LogP contribution in [0, 0.1) is 0 Å². The molecular formula is C15H19ClN2O3. The number of rotatable bonds is 7. The van der Waals surface area contributed by atoms with Gasteiger partial charge in [-0.15, -0.1) is 0 Å². The summed E-state index contributed by atoms with van der Waals surface area (Å²) in [6, 6.07) is 6.99. The minimum absolute atomic E-state index is 0.519. The van der Waals surface area contributed by atoms with Crippen molar-refractivity contribution < 1.29 is 14.3 Å². The maximum absolute atomic E-state index is 11.7. The topological polar surface area (TPSA) is 58.6 Å². The number of hydrogen-bond donors (Lipinski definition) is 1. The van der Waals surface area contributed by atoms with E-state index in [1.807, 2.05) is 18.9 Å². The SMILES string of the molecule is CCN(CC)NC(=CC(=O)C(=O)OC)c1ccc(Cl)cc1. The van der Waals surface area contributed by atoms with E-state index in [1.165, 1.54) is 13.2 Å². The molecule has 21 heavy (non-hydrogen) atoms. The van der Waals surface area contributed by atoms with Crippen molar-refractivity contribution in [2.24, 2.45) is 0 Å². The average Bonchev–Trinajstić information content (AvgIpc) is 2.51. The van der Waals surface area contributed by atoms with Crippen molar-refractivity contribution in [3.8, 4) is 0 Å². The second-order valence-electron chi connectivity index (χ2n) is 4.20. The first-order chi connectivity index (χ1) is 10.0. The molecular weight excluding hydrogens is 292 g/mol. The van der Waals surface area contributed by atoms with Gasteiger partial charge in [0.25, 0.3) is 5.78 Å². The van der Waals surface area contributed by atoms with Gasteiger partial charge in [-0.25, -0.2) is 9.80 Å². The number of hydrazine groups is 1. The number of halogens is 1. The molecule has 0 aliphatic heterocycles. The van der Waals surface area contributed by atoms with Crippen LogP contribution in [-0.4, -0.2) is 37.0 Å². The van der Waals surface area contributed by atoms with Crippen molar-refractivity contribution in [3.05, 3.63) is 40.9 Å². The predicted molar refractivity (Wildman–Crippen MR) is 82.5 cm³/mol. The lowest BCUT2D eigenvalue weighted by Gasteiger charge is -2.23. The van der Waals surface area contributed by atoms with E-state index in [9.17, 15) is 9.59 Å². The van der Waals surface area contributed by atoms with E-state index in [4.69, 9.17) is 11.6 Å². The molecule has 6 heteroatoms. The monoisotopic (exact) mass is 310 g/mol. The van der Waals surface area contributed by atoms with Gasteiger partial charge in [-0.2, -0.15) is 0 Å². The second-order valence-corrected chi connectivity index (χ2v) is 4.64. The highest BCUT2D eigenvalue weighted by Gasteiger charge is 2.14. The van der Waals surface area contributed by atoms with E-state index >= 15 is 0 Å². The van der Waals surface area contributed by atoms with E-state index in [0.717, 1.165) is 18.7 Å². The van der Waals surface area contributed by atoms with Crippen LogP contribution in [0.15, 0.2) is 30.3 Å². The zero-order valence-electron chi connectivity index (χ0n) is 12.4. The molecule has 0 aliphatic carbocycles. The van der Waals surface area contributed by atoms with Gasteiger partial charge in [0.15, 0.2) is 0 Å². The average molecular weight is 311 g/mol. The molecule has 1 aromatic rings. The van der Waals surface area contributed by atoms with Crippen molar-refractivity contribution in [1.29, 1.82) is 0 Å². The summed E-state index contributed by atoms with van der Waals surface area (Å²) in [5.74, 6) is -1.62. The Morgan fingerprint density at radius 1 is 1.24 bits per heavy atom. The van der Waals surface area contributed by atoms with Crippen molar-refractivity contribution in [3.63, 3.8) is 0 Å². The summed E-state index contributed by atoms with van der Waals surface area (Å²) in [6.45, 7) is 5.46. The van der Waals surface area contributed by atoms with Crippen LogP contribution in [-0.2, 0) is 14.3 Å². The van der Waals surface area contributed by atoms with E-state index in [0.29, 0.717) is 10.7 Å². The summed E-state index contributed by atoms with van der Waals surface area (Å²) in [5.41, 5.74) is 4.39. The zero-order valence-corrected chi connectivity index (χ0v) is 13.1.